The molecular formula is C20H21NO6. The van der Waals surface area contributed by atoms with Crippen molar-refractivity contribution in [1.82, 2.24) is 0 Å². The van der Waals surface area contributed by atoms with Gasteiger partial charge in [-0.2, -0.15) is 0 Å². The molecule has 0 aliphatic heterocycles. The monoisotopic (exact) mass is 371 g/mol. The SMILES string of the molecule is COc1cc(C(=O)O)ccc1NC(=O)CCCOc1ccc(C(C)=O)cc1. The number of Topliss-reactive ketones (excluding diaryl/α,β-unsaturated/α-hetero) is 1. The average Bonchev–Trinajstić information content (AvgIpc) is 2.65. The molecule has 0 aliphatic carbocycles. The summed E-state index contributed by atoms with van der Waals surface area (Å²) in [4.78, 5) is 34.2. The number of carboxylic acid groups (broad SMARTS) is 1. The maximum Gasteiger partial charge on any atom is 0.335 e. The first-order valence-corrected chi connectivity index (χ1v) is 8.35. The lowest BCUT2D eigenvalue weighted by atomic mass is 10.1. The predicted octanol–water partition coefficient (Wildman–Crippen LogP) is 3.39. The zero-order valence-electron chi connectivity index (χ0n) is 15.2. The molecular weight excluding hydrogens is 350 g/mol. The first kappa shape index (κ1) is 20.0. The standard InChI is InChI=1S/C20H21NO6/c1-13(22)14-5-8-16(9-6-14)27-11-3-4-19(23)21-17-10-7-15(20(24)25)12-18(17)26-2/h5-10,12H,3-4,11H2,1-2H3,(H,21,23)(H,24,25). The Balaban J connectivity index is 1.81. The van der Waals surface area contributed by atoms with E-state index >= 15 is 0 Å². The molecule has 0 aromatic heterocycles. The van der Waals surface area contributed by atoms with Gasteiger partial charge in [0.1, 0.15) is 11.5 Å². The Kier molecular flexibility index (Phi) is 6.93. The van der Waals surface area contributed by atoms with Gasteiger partial charge in [-0.25, -0.2) is 4.79 Å². The van der Waals surface area contributed by atoms with Crippen LogP contribution in [0.3, 0.4) is 0 Å². The lowest BCUT2D eigenvalue weighted by Gasteiger charge is -2.11. The molecule has 0 spiro atoms. The number of nitrogens with one attached hydrogen (secondary N) is 1. The molecule has 2 aromatic rings. The summed E-state index contributed by atoms with van der Waals surface area (Å²) >= 11 is 0. The van der Waals surface area contributed by atoms with Gasteiger partial charge in [0.15, 0.2) is 5.78 Å². The average molecular weight is 371 g/mol. The summed E-state index contributed by atoms with van der Waals surface area (Å²) in [6.45, 7) is 1.85. The lowest BCUT2D eigenvalue weighted by molar-refractivity contribution is -0.116. The van der Waals surface area contributed by atoms with E-state index in [0.29, 0.717) is 30.0 Å². The van der Waals surface area contributed by atoms with Crippen LogP contribution < -0.4 is 14.8 Å². The summed E-state index contributed by atoms with van der Waals surface area (Å²) in [5, 5.41) is 11.7. The van der Waals surface area contributed by atoms with Gasteiger partial charge < -0.3 is 19.9 Å². The Hall–Kier alpha value is -3.35. The summed E-state index contributed by atoms with van der Waals surface area (Å²) in [6, 6.07) is 11.1. The van der Waals surface area contributed by atoms with Crippen molar-refractivity contribution in [3.63, 3.8) is 0 Å². The van der Waals surface area contributed by atoms with Crippen LogP contribution in [0.1, 0.15) is 40.5 Å². The van der Waals surface area contributed by atoms with Crippen molar-refractivity contribution in [2.45, 2.75) is 19.8 Å². The highest BCUT2D eigenvalue weighted by Gasteiger charge is 2.11. The maximum atomic E-state index is 12.1. The molecule has 0 atom stereocenters. The third-order valence-corrected chi connectivity index (χ3v) is 3.80. The van der Waals surface area contributed by atoms with E-state index in [-0.39, 0.29) is 29.4 Å². The molecule has 2 aromatic carbocycles. The quantitative estimate of drug-likeness (QED) is 0.517. The molecule has 7 heteroatoms. The van der Waals surface area contributed by atoms with Crippen LogP contribution in [0, 0.1) is 0 Å². The molecule has 1 amide bonds. The largest absolute Gasteiger partial charge is 0.495 e. The fraction of sp³-hybridized carbons (Fsp3) is 0.250. The second kappa shape index (κ2) is 9.38. The van der Waals surface area contributed by atoms with E-state index in [9.17, 15) is 14.4 Å². The number of carbonyl (C=O) groups is 3. The molecule has 2 N–H and O–H groups in total. The minimum Gasteiger partial charge on any atom is -0.495 e. The van der Waals surface area contributed by atoms with Crippen LogP contribution in [0.2, 0.25) is 0 Å². The third kappa shape index (κ3) is 5.85. The van der Waals surface area contributed by atoms with Crippen LogP contribution in [0.4, 0.5) is 5.69 Å². The smallest absolute Gasteiger partial charge is 0.335 e. The number of carbonyl (C=O) groups excluding carboxylic acids is 2. The van der Waals surface area contributed by atoms with Crippen LogP contribution in [0.15, 0.2) is 42.5 Å². The second-order valence-electron chi connectivity index (χ2n) is 5.80. The van der Waals surface area contributed by atoms with E-state index in [1.54, 1.807) is 24.3 Å². The predicted molar refractivity (Wildman–Crippen MR) is 99.8 cm³/mol. The van der Waals surface area contributed by atoms with Crippen molar-refractivity contribution in [2.75, 3.05) is 19.0 Å². The van der Waals surface area contributed by atoms with Crippen molar-refractivity contribution < 1.29 is 29.0 Å². The van der Waals surface area contributed by atoms with Gasteiger partial charge in [-0.3, -0.25) is 9.59 Å². The van der Waals surface area contributed by atoms with E-state index in [0.717, 1.165) is 0 Å². The molecule has 0 saturated carbocycles. The number of hydrogen-bond acceptors (Lipinski definition) is 5. The summed E-state index contributed by atoms with van der Waals surface area (Å²) < 4.78 is 10.7. The van der Waals surface area contributed by atoms with Gasteiger partial charge in [0.05, 0.1) is 25.0 Å². The van der Waals surface area contributed by atoms with Gasteiger partial charge in [-0.05, 0) is 55.8 Å². The van der Waals surface area contributed by atoms with Crippen LogP contribution in [-0.2, 0) is 4.79 Å². The molecule has 0 unspecified atom stereocenters. The van der Waals surface area contributed by atoms with E-state index in [4.69, 9.17) is 14.6 Å². The summed E-state index contributed by atoms with van der Waals surface area (Å²) in [7, 11) is 1.40. The molecule has 0 bridgehead atoms. The lowest BCUT2D eigenvalue weighted by Crippen LogP contribution is -2.14. The minimum absolute atomic E-state index is 0.00923. The van der Waals surface area contributed by atoms with Crippen molar-refractivity contribution in [3.8, 4) is 11.5 Å². The molecule has 2 rings (SSSR count). The normalized spacial score (nSPS) is 10.1. The summed E-state index contributed by atoms with van der Waals surface area (Å²) in [6.07, 6.45) is 0.727. The second-order valence-corrected chi connectivity index (χ2v) is 5.80. The number of anilines is 1. The van der Waals surface area contributed by atoms with Gasteiger partial charge in [0.2, 0.25) is 5.91 Å². The van der Waals surface area contributed by atoms with Gasteiger partial charge in [0, 0.05) is 12.0 Å². The zero-order valence-corrected chi connectivity index (χ0v) is 15.2. The first-order valence-electron chi connectivity index (χ1n) is 8.35. The Morgan fingerprint density at radius 2 is 1.70 bits per heavy atom. The van der Waals surface area contributed by atoms with Crippen molar-refractivity contribution in [2.24, 2.45) is 0 Å². The van der Waals surface area contributed by atoms with Gasteiger partial charge in [0.25, 0.3) is 0 Å². The van der Waals surface area contributed by atoms with E-state index in [1.165, 1.54) is 32.2 Å². The Morgan fingerprint density at radius 1 is 1.04 bits per heavy atom. The van der Waals surface area contributed by atoms with Crippen LogP contribution in [0.5, 0.6) is 11.5 Å². The topological polar surface area (TPSA) is 102 Å². The van der Waals surface area contributed by atoms with Crippen LogP contribution in [0.25, 0.3) is 0 Å². The summed E-state index contributed by atoms with van der Waals surface area (Å²) in [5.74, 6) is -0.395. The van der Waals surface area contributed by atoms with Gasteiger partial charge in [-0.1, -0.05) is 0 Å². The molecule has 27 heavy (non-hydrogen) atoms. The number of rotatable bonds is 9. The minimum atomic E-state index is -1.07. The number of amides is 1. The number of ether oxygens (including phenoxy) is 2. The van der Waals surface area contributed by atoms with E-state index in [1.807, 2.05) is 0 Å². The fourth-order valence-corrected chi connectivity index (χ4v) is 2.35. The van der Waals surface area contributed by atoms with E-state index in [2.05, 4.69) is 5.32 Å². The number of aromatic carboxylic acids is 1. The first-order chi connectivity index (χ1) is 12.9. The van der Waals surface area contributed by atoms with Crippen molar-refractivity contribution >= 4 is 23.3 Å². The Labute approximate surface area is 156 Å². The highest BCUT2D eigenvalue weighted by molar-refractivity contribution is 5.95. The number of carboxylic acids is 1. The highest BCUT2D eigenvalue weighted by Crippen LogP contribution is 2.26. The number of benzene rings is 2. The van der Waals surface area contributed by atoms with E-state index < -0.39 is 5.97 Å². The van der Waals surface area contributed by atoms with Gasteiger partial charge in [-0.15, -0.1) is 0 Å². The molecule has 0 saturated heterocycles. The van der Waals surface area contributed by atoms with Gasteiger partial charge >= 0.3 is 5.97 Å². The van der Waals surface area contributed by atoms with Crippen molar-refractivity contribution in [1.29, 1.82) is 0 Å². The summed E-state index contributed by atoms with van der Waals surface area (Å²) in [5.41, 5.74) is 1.10. The van der Waals surface area contributed by atoms with Crippen molar-refractivity contribution in [3.05, 3.63) is 53.6 Å². The molecule has 0 aliphatic rings. The fourth-order valence-electron chi connectivity index (χ4n) is 2.35. The number of ketones is 1. The Bertz CT molecular complexity index is 829. The van der Waals surface area contributed by atoms with Crippen LogP contribution >= 0.6 is 0 Å². The number of methoxy groups -OCH3 is 1. The molecule has 0 radical (unpaired) electrons. The molecule has 7 nitrogen and oxygen atoms in total. The third-order valence-electron chi connectivity index (χ3n) is 3.80. The zero-order chi connectivity index (χ0) is 19.8. The molecule has 0 fully saturated rings. The van der Waals surface area contributed by atoms with Crippen LogP contribution in [-0.4, -0.2) is 36.5 Å². The molecule has 0 heterocycles. The maximum absolute atomic E-state index is 12.1. The number of hydrogen-bond donors (Lipinski definition) is 2. The Morgan fingerprint density at radius 3 is 2.30 bits per heavy atom. The molecule has 142 valence electrons. The highest BCUT2D eigenvalue weighted by atomic mass is 16.5.